The molecule has 0 saturated heterocycles. The topological polar surface area (TPSA) is 55.1 Å². The summed E-state index contributed by atoms with van der Waals surface area (Å²) in [5.74, 6) is 1.12. The molecule has 1 N–H and O–H groups in total. The van der Waals surface area contributed by atoms with Gasteiger partial charge in [0, 0.05) is 11.8 Å². The Kier molecular flexibility index (Phi) is 3.46. The zero-order valence-electron chi connectivity index (χ0n) is 10.3. The van der Waals surface area contributed by atoms with E-state index in [-0.39, 0.29) is 5.91 Å². The summed E-state index contributed by atoms with van der Waals surface area (Å²) in [7, 11) is 0. The lowest BCUT2D eigenvalue weighted by atomic mass is 10.1. The fourth-order valence-electron chi connectivity index (χ4n) is 2.14. The van der Waals surface area contributed by atoms with Gasteiger partial charge in [-0.15, -0.1) is 11.3 Å². The van der Waals surface area contributed by atoms with Gasteiger partial charge in [0.1, 0.15) is 5.69 Å². The van der Waals surface area contributed by atoms with Gasteiger partial charge in [-0.2, -0.15) is 0 Å². The van der Waals surface area contributed by atoms with Crippen LogP contribution in [0.1, 0.15) is 19.3 Å². The number of nitrogens with one attached hydrogen (secondary N) is 1. The summed E-state index contributed by atoms with van der Waals surface area (Å²) in [6.45, 7) is 0. The van der Waals surface area contributed by atoms with Crippen molar-refractivity contribution in [2.24, 2.45) is 5.92 Å². The third-order valence-electron chi connectivity index (χ3n) is 3.08. The maximum absolute atomic E-state index is 11.9. The fraction of sp³-hybridized carbons (Fsp3) is 0.286. The van der Waals surface area contributed by atoms with E-state index in [0.717, 1.165) is 24.3 Å². The van der Waals surface area contributed by atoms with Crippen molar-refractivity contribution in [3.8, 4) is 11.5 Å². The molecule has 1 aliphatic rings. The highest BCUT2D eigenvalue weighted by molar-refractivity contribution is 7.14. The van der Waals surface area contributed by atoms with Crippen LogP contribution in [0.3, 0.4) is 0 Å². The van der Waals surface area contributed by atoms with Crippen LogP contribution < -0.4 is 5.32 Å². The Morgan fingerprint density at radius 3 is 3.26 bits per heavy atom. The normalized spacial score (nSPS) is 17.8. The number of carbonyl (C=O) groups excluding carboxylic acids is 1. The van der Waals surface area contributed by atoms with Crippen molar-refractivity contribution in [3.05, 3.63) is 35.9 Å². The van der Waals surface area contributed by atoms with Crippen LogP contribution in [0, 0.1) is 5.92 Å². The van der Waals surface area contributed by atoms with E-state index in [1.165, 1.54) is 11.3 Å². The van der Waals surface area contributed by atoms with Gasteiger partial charge in [0.15, 0.2) is 10.9 Å². The molecule has 2 aromatic heterocycles. The Morgan fingerprint density at radius 2 is 2.53 bits per heavy atom. The number of allylic oxidation sites excluding steroid dienone is 2. The second-order valence-electron chi connectivity index (χ2n) is 4.53. The lowest BCUT2D eigenvalue weighted by Crippen LogP contribution is -2.14. The first-order valence-electron chi connectivity index (χ1n) is 6.27. The van der Waals surface area contributed by atoms with Crippen LogP contribution in [0.15, 0.2) is 40.3 Å². The van der Waals surface area contributed by atoms with Crippen molar-refractivity contribution in [3.63, 3.8) is 0 Å². The lowest BCUT2D eigenvalue weighted by molar-refractivity contribution is -0.116. The highest BCUT2D eigenvalue weighted by Gasteiger charge is 2.15. The summed E-state index contributed by atoms with van der Waals surface area (Å²) in [5.41, 5.74) is 0.756. The van der Waals surface area contributed by atoms with Gasteiger partial charge in [-0.05, 0) is 30.9 Å². The molecule has 0 radical (unpaired) electrons. The number of anilines is 1. The maximum Gasteiger partial charge on any atom is 0.226 e. The van der Waals surface area contributed by atoms with Gasteiger partial charge in [-0.25, -0.2) is 4.98 Å². The average Bonchev–Trinajstić information content (AvgIpc) is 3.09. The lowest BCUT2D eigenvalue weighted by Gasteiger charge is -2.06. The minimum Gasteiger partial charge on any atom is -0.463 e. The van der Waals surface area contributed by atoms with Gasteiger partial charge >= 0.3 is 0 Å². The molecule has 1 aliphatic carbocycles. The molecule has 0 fully saturated rings. The van der Waals surface area contributed by atoms with Crippen molar-refractivity contribution in [1.82, 2.24) is 4.98 Å². The summed E-state index contributed by atoms with van der Waals surface area (Å²) in [6, 6.07) is 3.67. The number of amides is 1. The van der Waals surface area contributed by atoms with E-state index in [0.29, 0.717) is 17.5 Å². The van der Waals surface area contributed by atoms with E-state index >= 15 is 0 Å². The van der Waals surface area contributed by atoms with E-state index in [1.54, 1.807) is 6.26 Å². The molecular formula is C14H14N2O2S. The zero-order chi connectivity index (χ0) is 13.1. The van der Waals surface area contributed by atoms with Crippen LogP contribution in [-0.4, -0.2) is 10.9 Å². The third-order valence-corrected chi connectivity index (χ3v) is 3.84. The average molecular weight is 274 g/mol. The number of rotatable bonds is 4. The first-order chi connectivity index (χ1) is 9.31. The molecule has 2 heterocycles. The van der Waals surface area contributed by atoms with Gasteiger partial charge in [0.05, 0.1) is 6.26 Å². The van der Waals surface area contributed by atoms with Gasteiger partial charge in [0.2, 0.25) is 5.91 Å². The molecule has 0 aromatic carbocycles. The third kappa shape index (κ3) is 2.93. The van der Waals surface area contributed by atoms with Gasteiger partial charge in [-0.3, -0.25) is 4.79 Å². The van der Waals surface area contributed by atoms with Crippen molar-refractivity contribution in [1.29, 1.82) is 0 Å². The minimum absolute atomic E-state index is 0.0249. The van der Waals surface area contributed by atoms with Crippen LogP contribution in [0.25, 0.3) is 11.5 Å². The van der Waals surface area contributed by atoms with Crippen LogP contribution >= 0.6 is 11.3 Å². The zero-order valence-corrected chi connectivity index (χ0v) is 11.2. The molecule has 1 amide bonds. The highest BCUT2D eigenvalue weighted by atomic mass is 32.1. The van der Waals surface area contributed by atoms with Crippen molar-refractivity contribution >= 4 is 22.4 Å². The van der Waals surface area contributed by atoms with Crippen LogP contribution in [0.2, 0.25) is 0 Å². The molecule has 0 unspecified atom stereocenters. The smallest absolute Gasteiger partial charge is 0.226 e. The predicted octanol–water partition coefficient (Wildman–Crippen LogP) is 3.70. The summed E-state index contributed by atoms with van der Waals surface area (Å²) < 4.78 is 5.27. The number of hydrogen-bond acceptors (Lipinski definition) is 4. The van der Waals surface area contributed by atoms with E-state index in [4.69, 9.17) is 4.42 Å². The van der Waals surface area contributed by atoms with Crippen LogP contribution in [-0.2, 0) is 4.79 Å². The first-order valence-corrected chi connectivity index (χ1v) is 7.15. The highest BCUT2D eigenvalue weighted by Crippen LogP contribution is 2.26. The Bertz CT molecular complexity index is 586. The minimum atomic E-state index is 0.0249. The Balaban J connectivity index is 1.60. The summed E-state index contributed by atoms with van der Waals surface area (Å²) in [5, 5.41) is 5.35. The number of hydrogen-bond donors (Lipinski definition) is 1. The van der Waals surface area contributed by atoms with Gasteiger partial charge in [-0.1, -0.05) is 12.2 Å². The second kappa shape index (κ2) is 5.40. The summed E-state index contributed by atoms with van der Waals surface area (Å²) >= 11 is 1.41. The van der Waals surface area contributed by atoms with E-state index < -0.39 is 0 Å². The first kappa shape index (κ1) is 12.2. The van der Waals surface area contributed by atoms with Crippen LogP contribution in [0.4, 0.5) is 5.13 Å². The Morgan fingerprint density at radius 1 is 1.58 bits per heavy atom. The molecule has 2 aromatic rings. The SMILES string of the molecule is O=C(C[C@@H]1C=CCC1)Nc1nc(-c2ccco2)cs1. The molecule has 5 heteroatoms. The van der Waals surface area contributed by atoms with Gasteiger partial charge < -0.3 is 9.73 Å². The Labute approximate surface area is 115 Å². The van der Waals surface area contributed by atoms with Gasteiger partial charge in [0.25, 0.3) is 0 Å². The Hall–Kier alpha value is -1.88. The quantitative estimate of drug-likeness (QED) is 0.865. The molecule has 0 spiro atoms. The fourth-order valence-corrected chi connectivity index (χ4v) is 2.86. The molecule has 19 heavy (non-hydrogen) atoms. The van der Waals surface area contributed by atoms with Crippen molar-refractivity contribution < 1.29 is 9.21 Å². The molecule has 0 saturated carbocycles. The van der Waals surface area contributed by atoms with Crippen molar-refractivity contribution in [2.45, 2.75) is 19.3 Å². The van der Waals surface area contributed by atoms with E-state index in [2.05, 4.69) is 22.5 Å². The number of carbonyl (C=O) groups is 1. The van der Waals surface area contributed by atoms with E-state index in [9.17, 15) is 4.79 Å². The second-order valence-corrected chi connectivity index (χ2v) is 5.39. The molecule has 0 aliphatic heterocycles. The van der Waals surface area contributed by atoms with E-state index in [1.807, 2.05) is 17.5 Å². The standard InChI is InChI=1S/C14H14N2O2S/c17-13(8-10-4-1-2-5-10)16-14-15-11(9-19-14)12-6-3-7-18-12/h1,3-4,6-7,9-10H,2,5,8H2,(H,15,16,17)/t10-/m1/s1. The van der Waals surface area contributed by atoms with Crippen molar-refractivity contribution in [2.75, 3.05) is 5.32 Å². The molecule has 3 rings (SSSR count). The molecule has 98 valence electrons. The predicted molar refractivity (Wildman–Crippen MR) is 74.9 cm³/mol. The number of thiazole rings is 1. The maximum atomic E-state index is 11.9. The molecule has 1 atom stereocenters. The summed E-state index contributed by atoms with van der Waals surface area (Å²) in [4.78, 5) is 16.2. The van der Waals surface area contributed by atoms with Crippen LogP contribution in [0.5, 0.6) is 0 Å². The molecule has 0 bridgehead atoms. The molecular weight excluding hydrogens is 260 g/mol. The largest absolute Gasteiger partial charge is 0.463 e. The summed E-state index contributed by atoms with van der Waals surface area (Å²) in [6.07, 6.45) is 8.55. The number of furan rings is 1. The number of nitrogens with zero attached hydrogens (tertiary/aromatic N) is 1. The number of aromatic nitrogens is 1. The molecule has 4 nitrogen and oxygen atoms in total. The monoisotopic (exact) mass is 274 g/mol.